The molecule has 1 heterocycles. The van der Waals surface area contributed by atoms with E-state index in [1.54, 1.807) is 11.3 Å². The molecular weight excluding hydrogens is 232 g/mol. The van der Waals surface area contributed by atoms with Crippen LogP contribution in [0.25, 0.3) is 0 Å². The van der Waals surface area contributed by atoms with E-state index >= 15 is 0 Å². The highest BCUT2D eigenvalue weighted by Crippen LogP contribution is 2.41. The predicted molar refractivity (Wildman–Crippen MR) is 61.2 cm³/mol. The van der Waals surface area contributed by atoms with Crippen molar-refractivity contribution >= 4 is 28.8 Å². The Bertz CT molecular complexity index is 362. The highest BCUT2D eigenvalue weighted by atomic mass is 35.5. The summed E-state index contributed by atoms with van der Waals surface area (Å²) in [5, 5.41) is 5.95. The molecule has 0 aliphatic heterocycles. The predicted octanol–water partition coefficient (Wildman–Crippen LogP) is 2.26. The van der Waals surface area contributed by atoms with Gasteiger partial charge in [-0.15, -0.1) is 22.9 Å². The Morgan fingerprint density at radius 2 is 2.53 bits per heavy atom. The number of nitrogens with one attached hydrogen (secondary N) is 1. The number of hydrogen-bond acceptors (Lipinski definition) is 3. The van der Waals surface area contributed by atoms with Gasteiger partial charge < -0.3 is 5.32 Å². The highest BCUT2D eigenvalue weighted by Gasteiger charge is 2.34. The Morgan fingerprint density at radius 3 is 3.00 bits per heavy atom. The monoisotopic (exact) mass is 244 g/mol. The van der Waals surface area contributed by atoms with Gasteiger partial charge in [0.15, 0.2) is 0 Å². The van der Waals surface area contributed by atoms with Crippen LogP contribution in [0.5, 0.6) is 0 Å². The Morgan fingerprint density at radius 1 is 1.80 bits per heavy atom. The van der Waals surface area contributed by atoms with Crippen molar-refractivity contribution in [2.75, 3.05) is 5.88 Å². The van der Waals surface area contributed by atoms with Crippen molar-refractivity contribution < 1.29 is 4.79 Å². The summed E-state index contributed by atoms with van der Waals surface area (Å²) in [6.45, 7) is 1.97. The second kappa shape index (κ2) is 4.49. The first-order chi connectivity index (χ1) is 7.20. The van der Waals surface area contributed by atoms with Crippen molar-refractivity contribution in [2.45, 2.75) is 25.8 Å². The fraction of sp³-hybridized carbons (Fsp3) is 0.600. The van der Waals surface area contributed by atoms with E-state index in [1.165, 1.54) is 12.8 Å². The Kier molecular flexibility index (Phi) is 3.26. The zero-order valence-corrected chi connectivity index (χ0v) is 10.1. The van der Waals surface area contributed by atoms with Crippen LogP contribution in [0.4, 0.5) is 0 Å². The summed E-state index contributed by atoms with van der Waals surface area (Å²) in [5.41, 5.74) is 1.01. The summed E-state index contributed by atoms with van der Waals surface area (Å²) in [4.78, 5) is 15.7. The van der Waals surface area contributed by atoms with Crippen molar-refractivity contribution in [1.82, 2.24) is 10.3 Å². The van der Waals surface area contributed by atoms with E-state index in [2.05, 4.69) is 10.3 Å². The molecule has 82 valence electrons. The van der Waals surface area contributed by atoms with E-state index in [9.17, 15) is 4.79 Å². The van der Waals surface area contributed by atoms with Gasteiger partial charge in [0, 0.05) is 11.1 Å². The third-order valence-electron chi connectivity index (χ3n) is 2.43. The molecule has 1 saturated carbocycles. The van der Waals surface area contributed by atoms with Crippen molar-refractivity contribution in [3.8, 4) is 0 Å². The van der Waals surface area contributed by atoms with E-state index in [4.69, 9.17) is 11.6 Å². The lowest BCUT2D eigenvalue weighted by atomic mass is 10.2. The van der Waals surface area contributed by atoms with Gasteiger partial charge in [0.05, 0.1) is 6.04 Å². The van der Waals surface area contributed by atoms with Gasteiger partial charge in [0.1, 0.15) is 10.9 Å². The van der Waals surface area contributed by atoms with Crippen LogP contribution in [-0.4, -0.2) is 16.8 Å². The van der Waals surface area contributed by atoms with Crippen molar-refractivity contribution in [2.24, 2.45) is 5.92 Å². The van der Waals surface area contributed by atoms with E-state index in [0.29, 0.717) is 5.92 Å². The first kappa shape index (κ1) is 10.9. The molecule has 1 atom stereocenters. The van der Waals surface area contributed by atoms with Crippen LogP contribution < -0.4 is 5.32 Å². The quantitative estimate of drug-likeness (QED) is 0.826. The lowest BCUT2D eigenvalue weighted by Crippen LogP contribution is -2.30. The van der Waals surface area contributed by atoms with Crippen LogP contribution in [0.3, 0.4) is 0 Å². The maximum absolute atomic E-state index is 11.3. The minimum Gasteiger partial charge on any atom is -0.346 e. The van der Waals surface area contributed by atoms with Gasteiger partial charge in [-0.2, -0.15) is 0 Å². The molecule has 0 radical (unpaired) electrons. The third-order valence-corrected chi connectivity index (χ3v) is 3.72. The molecule has 5 heteroatoms. The number of amides is 1. The molecule has 1 aliphatic carbocycles. The molecule has 1 aromatic rings. The third kappa shape index (κ3) is 2.69. The topological polar surface area (TPSA) is 42.0 Å². The molecule has 1 unspecified atom stereocenters. The van der Waals surface area contributed by atoms with E-state index in [-0.39, 0.29) is 17.8 Å². The van der Waals surface area contributed by atoms with E-state index in [1.807, 2.05) is 12.3 Å². The smallest absolute Gasteiger partial charge is 0.235 e. The molecule has 0 spiro atoms. The molecule has 1 aromatic heterocycles. The lowest BCUT2D eigenvalue weighted by molar-refractivity contribution is -0.119. The average molecular weight is 245 g/mol. The number of aryl methyl sites for hydroxylation is 1. The number of thiazole rings is 1. The second-order valence-corrected chi connectivity index (χ2v) is 5.00. The molecule has 1 aliphatic rings. The number of hydrogen-bond donors (Lipinski definition) is 1. The standard InChI is InChI=1S/C10H13ClN2OS/c1-6-5-15-10(12-6)9(7-2-3-7)13-8(14)4-11/h5,7,9H,2-4H2,1H3,(H,13,14). The Balaban J connectivity index is 2.09. The van der Waals surface area contributed by atoms with Crippen molar-refractivity contribution in [3.05, 3.63) is 16.1 Å². The summed E-state index contributed by atoms with van der Waals surface area (Å²) in [6, 6.07) is 0.0787. The number of carbonyl (C=O) groups is 1. The van der Waals surface area contributed by atoms with Crippen LogP contribution in [0.15, 0.2) is 5.38 Å². The van der Waals surface area contributed by atoms with Crippen LogP contribution in [0.1, 0.15) is 29.6 Å². The fourth-order valence-electron chi connectivity index (χ4n) is 1.54. The molecule has 0 bridgehead atoms. The van der Waals surface area contributed by atoms with Crippen LogP contribution in [0, 0.1) is 12.8 Å². The maximum Gasteiger partial charge on any atom is 0.235 e. The molecular formula is C10H13ClN2OS. The van der Waals surface area contributed by atoms with Gasteiger partial charge >= 0.3 is 0 Å². The van der Waals surface area contributed by atoms with Crippen LogP contribution in [0.2, 0.25) is 0 Å². The number of aromatic nitrogens is 1. The minimum absolute atomic E-state index is 0.0214. The molecule has 1 N–H and O–H groups in total. The summed E-state index contributed by atoms with van der Waals surface area (Å²) >= 11 is 7.09. The zero-order chi connectivity index (χ0) is 10.8. The van der Waals surface area contributed by atoms with Crippen molar-refractivity contribution in [1.29, 1.82) is 0 Å². The summed E-state index contributed by atoms with van der Waals surface area (Å²) < 4.78 is 0. The number of halogens is 1. The normalized spacial score (nSPS) is 17.5. The van der Waals surface area contributed by atoms with E-state index < -0.39 is 0 Å². The van der Waals surface area contributed by atoms with Gasteiger partial charge in [-0.3, -0.25) is 4.79 Å². The van der Waals surface area contributed by atoms with E-state index in [0.717, 1.165) is 10.7 Å². The minimum atomic E-state index is -0.110. The molecule has 0 aromatic carbocycles. The summed E-state index contributed by atoms with van der Waals surface area (Å²) in [7, 11) is 0. The molecule has 1 fully saturated rings. The van der Waals surface area contributed by atoms with Gasteiger partial charge in [-0.25, -0.2) is 4.98 Å². The van der Waals surface area contributed by atoms with Gasteiger partial charge in [-0.1, -0.05) is 0 Å². The largest absolute Gasteiger partial charge is 0.346 e. The van der Waals surface area contributed by atoms with Crippen molar-refractivity contribution in [3.63, 3.8) is 0 Å². The summed E-state index contributed by atoms with van der Waals surface area (Å²) in [6.07, 6.45) is 2.34. The number of carbonyl (C=O) groups excluding carboxylic acids is 1. The SMILES string of the molecule is Cc1csc(C(NC(=O)CCl)C2CC2)n1. The first-order valence-electron chi connectivity index (χ1n) is 4.98. The second-order valence-electron chi connectivity index (χ2n) is 3.84. The lowest BCUT2D eigenvalue weighted by Gasteiger charge is -2.14. The zero-order valence-electron chi connectivity index (χ0n) is 8.50. The molecule has 2 rings (SSSR count). The first-order valence-corrected chi connectivity index (χ1v) is 6.39. The van der Waals surface area contributed by atoms with Gasteiger partial charge in [0.2, 0.25) is 5.91 Å². The number of rotatable bonds is 4. The van der Waals surface area contributed by atoms with Crippen LogP contribution in [-0.2, 0) is 4.79 Å². The Labute approximate surface area is 97.9 Å². The maximum atomic E-state index is 11.3. The molecule has 3 nitrogen and oxygen atoms in total. The molecule has 1 amide bonds. The van der Waals surface area contributed by atoms with Crippen LogP contribution >= 0.6 is 22.9 Å². The highest BCUT2D eigenvalue weighted by molar-refractivity contribution is 7.09. The molecule has 0 saturated heterocycles. The Hall–Kier alpha value is -0.610. The number of alkyl halides is 1. The summed E-state index contributed by atoms with van der Waals surface area (Å²) in [5.74, 6) is 0.470. The fourth-order valence-corrected chi connectivity index (χ4v) is 2.55. The number of nitrogens with zero attached hydrogens (tertiary/aromatic N) is 1. The van der Waals surface area contributed by atoms with Gasteiger partial charge in [0.25, 0.3) is 0 Å². The molecule has 15 heavy (non-hydrogen) atoms. The average Bonchev–Trinajstić information content (AvgIpc) is 2.97. The van der Waals surface area contributed by atoms with Gasteiger partial charge in [-0.05, 0) is 25.7 Å².